The number of aryl methyl sites for hydroxylation is 1. The molecule has 19 heavy (non-hydrogen) atoms. The zero-order valence-corrected chi connectivity index (χ0v) is 11.5. The zero-order valence-electron chi connectivity index (χ0n) is 10.6. The van der Waals surface area contributed by atoms with Gasteiger partial charge >= 0.3 is 0 Å². The molecule has 100 valence electrons. The van der Waals surface area contributed by atoms with Gasteiger partial charge in [0.15, 0.2) is 5.16 Å². The third-order valence-corrected chi connectivity index (χ3v) is 4.22. The number of nitrogens with zero attached hydrogens (tertiary/aromatic N) is 3. The molecule has 4 nitrogen and oxygen atoms in total. The lowest BCUT2D eigenvalue weighted by atomic mass is 10.2. The number of halogens is 1. The summed E-state index contributed by atoms with van der Waals surface area (Å²) < 4.78 is 15.1. The quantitative estimate of drug-likeness (QED) is 0.911. The Bertz CT molecular complexity index is 580. The molecule has 0 amide bonds. The summed E-state index contributed by atoms with van der Waals surface area (Å²) in [7, 11) is 1.85. The van der Waals surface area contributed by atoms with E-state index in [-0.39, 0.29) is 5.82 Å². The van der Waals surface area contributed by atoms with Crippen LogP contribution >= 0.6 is 11.8 Å². The first kappa shape index (κ1) is 12.6. The molecule has 1 N–H and O–H groups in total. The summed E-state index contributed by atoms with van der Waals surface area (Å²) in [5, 5.41) is 8.26. The Kier molecular flexibility index (Phi) is 3.52. The topological polar surface area (TPSA) is 42.7 Å². The first-order valence-corrected chi connectivity index (χ1v) is 7.07. The van der Waals surface area contributed by atoms with Gasteiger partial charge in [-0.15, -0.1) is 0 Å². The molecule has 1 aliphatic carbocycles. The lowest BCUT2D eigenvalue weighted by Gasteiger charge is -2.09. The third-order valence-electron chi connectivity index (χ3n) is 3.05. The van der Waals surface area contributed by atoms with Gasteiger partial charge in [0.05, 0.1) is 0 Å². The minimum atomic E-state index is -0.199. The Hall–Kier alpha value is -1.40. The lowest BCUT2D eigenvalue weighted by molar-refractivity contribution is 0.615. The standard InChI is InChI=1S/C13H15FN4S/c1-18-13(16-8-17-18)19-12-5-2-10(14)6-9(12)7-15-11-3-4-11/h2,5-6,8,11,15H,3-4,7H2,1H3. The van der Waals surface area contributed by atoms with Crippen LogP contribution in [0.5, 0.6) is 0 Å². The van der Waals surface area contributed by atoms with E-state index in [1.807, 2.05) is 7.05 Å². The normalized spacial score (nSPS) is 14.8. The van der Waals surface area contributed by atoms with Crippen molar-refractivity contribution in [1.82, 2.24) is 20.1 Å². The van der Waals surface area contributed by atoms with Crippen molar-refractivity contribution >= 4 is 11.8 Å². The van der Waals surface area contributed by atoms with Crippen LogP contribution in [0, 0.1) is 5.82 Å². The molecule has 3 rings (SSSR count). The first-order valence-electron chi connectivity index (χ1n) is 6.26. The molecule has 0 spiro atoms. The maximum atomic E-state index is 13.4. The van der Waals surface area contributed by atoms with E-state index < -0.39 is 0 Å². The summed E-state index contributed by atoms with van der Waals surface area (Å²) in [5.41, 5.74) is 0.972. The summed E-state index contributed by atoms with van der Waals surface area (Å²) in [6.07, 6.45) is 3.97. The Morgan fingerprint density at radius 2 is 2.32 bits per heavy atom. The van der Waals surface area contributed by atoms with Gasteiger partial charge in [-0.25, -0.2) is 14.1 Å². The van der Waals surface area contributed by atoms with Crippen LogP contribution in [0.1, 0.15) is 18.4 Å². The highest BCUT2D eigenvalue weighted by atomic mass is 32.2. The van der Waals surface area contributed by atoms with Gasteiger partial charge in [-0.1, -0.05) is 0 Å². The molecule has 2 aromatic rings. The van der Waals surface area contributed by atoms with Crippen LogP contribution in [-0.4, -0.2) is 20.8 Å². The molecule has 1 fully saturated rings. The van der Waals surface area contributed by atoms with Crippen molar-refractivity contribution in [3.63, 3.8) is 0 Å². The molecular weight excluding hydrogens is 263 g/mol. The van der Waals surface area contributed by atoms with Crippen LogP contribution in [-0.2, 0) is 13.6 Å². The predicted molar refractivity (Wildman–Crippen MR) is 71.4 cm³/mol. The molecule has 0 saturated heterocycles. The summed E-state index contributed by atoms with van der Waals surface area (Å²) in [6.45, 7) is 0.697. The van der Waals surface area contributed by atoms with Crippen LogP contribution in [0.15, 0.2) is 34.6 Å². The first-order chi connectivity index (χ1) is 9.22. The van der Waals surface area contributed by atoms with Gasteiger partial charge in [0.2, 0.25) is 0 Å². The number of hydrogen-bond donors (Lipinski definition) is 1. The molecule has 0 bridgehead atoms. The van der Waals surface area contributed by atoms with Gasteiger partial charge < -0.3 is 5.32 Å². The van der Waals surface area contributed by atoms with E-state index in [0.29, 0.717) is 12.6 Å². The molecule has 1 heterocycles. The van der Waals surface area contributed by atoms with Gasteiger partial charge in [-0.2, -0.15) is 5.10 Å². The number of aromatic nitrogens is 3. The Balaban J connectivity index is 1.80. The van der Waals surface area contributed by atoms with Crippen molar-refractivity contribution in [2.75, 3.05) is 0 Å². The van der Waals surface area contributed by atoms with Gasteiger partial charge in [0, 0.05) is 24.5 Å². The molecule has 1 aromatic heterocycles. The molecule has 0 radical (unpaired) electrons. The van der Waals surface area contributed by atoms with E-state index >= 15 is 0 Å². The van der Waals surface area contributed by atoms with E-state index in [1.54, 1.807) is 16.8 Å². The molecule has 0 atom stereocenters. The molecule has 1 aromatic carbocycles. The van der Waals surface area contributed by atoms with Crippen LogP contribution in [0.25, 0.3) is 0 Å². The largest absolute Gasteiger partial charge is 0.310 e. The van der Waals surface area contributed by atoms with E-state index in [4.69, 9.17) is 0 Å². The van der Waals surface area contributed by atoms with Crippen molar-refractivity contribution in [1.29, 1.82) is 0 Å². The maximum Gasteiger partial charge on any atom is 0.190 e. The van der Waals surface area contributed by atoms with Crippen molar-refractivity contribution in [2.45, 2.75) is 35.5 Å². The smallest absolute Gasteiger partial charge is 0.190 e. The van der Waals surface area contributed by atoms with Gasteiger partial charge in [-0.3, -0.25) is 0 Å². The van der Waals surface area contributed by atoms with Crippen molar-refractivity contribution in [3.8, 4) is 0 Å². The Morgan fingerprint density at radius 3 is 3.00 bits per heavy atom. The third kappa shape index (κ3) is 3.13. The van der Waals surface area contributed by atoms with Crippen LogP contribution in [0.2, 0.25) is 0 Å². The van der Waals surface area contributed by atoms with Gasteiger partial charge in [-0.05, 0) is 48.4 Å². The highest BCUT2D eigenvalue weighted by Gasteiger charge is 2.20. The lowest BCUT2D eigenvalue weighted by Crippen LogP contribution is -2.16. The summed E-state index contributed by atoms with van der Waals surface area (Å²) >= 11 is 1.51. The molecule has 6 heteroatoms. The second-order valence-corrected chi connectivity index (χ2v) is 5.68. The van der Waals surface area contributed by atoms with E-state index in [2.05, 4.69) is 15.4 Å². The Labute approximate surface area is 115 Å². The number of nitrogens with one attached hydrogen (secondary N) is 1. The zero-order chi connectivity index (χ0) is 13.2. The number of hydrogen-bond acceptors (Lipinski definition) is 4. The van der Waals surface area contributed by atoms with Crippen LogP contribution in [0.4, 0.5) is 4.39 Å². The average molecular weight is 278 g/mol. The fourth-order valence-corrected chi connectivity index (χ4v) is 2.68. The van der Waals surface area contributed by atoms with Crippen LogP contribution < -0.4 is 5.32 Å². The van der Waals surface area contributed by atoms with E-state index in [1.165, 1.54) is 37.0 Å². The van der Waals surface area contributed by atoms with Crippen molar-refractivity contribution in [3.05, 3.63) is 35.9 Å². The highest BCUT2D eigenvalue weighted by molar-refractivity contribution is 7.99. The molecule has 1 aliphatic rings. The van der Waals surface area contributed by atoms with Gasteiger partial charge in [0.25, 0.3) is 0 Å². The fourth-order valence-electron chi connectivity index (χ4n) is 1.80. The molecular formula is C13H15FN4S. The Morgan fingerprint density at radius 1 is 1.47 bits per heavy atom. The number of rotatable bonds is 5. The summed E-state index contributed by atoms with van der Waals surface area (Å²) in [5.74, 6) is -0.199. The fraction of sp³-hybridized carbons (Fsp3) is 0.385. The van der Waals surface area contributed by atoms with Crippen molar-refractivity contribution in [2.24, 2.45) is 7.05 Å². The highest BCUT2D eigenvalue weighted by Crippen LogP contribution is 2.30. The minimum Gasteiger partial charge on any atom is -0.310 e. The second kappa shape index (κ2) is 5.30. The summed E-state index contributed by atoms with van der Waals surface area (Å²) in [4.78, 5) is 5.20. The average Bonchev–Trinajstić information content (AvgIpc) is 3.14. The minimum absolute atomic E-state index is 0.199. The molecule has 1 saturated carbocycles. The van der Waals surface area contributed by atoms with Crippen LogP contribution in [0.3, 0.4) is 0 Å². The predicted octanol–water partition coefficient (Wildman–Crippen LogP) is 2.36. The van der Waals surface area contributed by atoms with E-state index in [9.17, 15) is 4.39 Å². The molecule has 0 aliphatic heterocycles. The SMILES string of the molecule is Cn1ncnc1Sc1ccc(F)cc1CNC1CC1. The van der Waals surface area contributed by atoms with Crippen molar-refractivity contribution < 1.29 is 4.39 Å². The van der Waals surface area contributed by atoms with Gasteiger partial charge in [0.1, 0.15) is 12.1 Å². The van der Waals surface area contributed by atoms with E-state index in [0.717, 1.165) is 15.6 Å². The summed E-state index contributed by atoms with van der Waals surface area (Å²) in [6, 6.07) is 5.49. The number of benzene rings is 1. The molecule has 0 unspecified atom stereocenters. The second-order valence-electron chi connectivity index (χ2n) is 4.68. The maximum absolute atomic E-state index is 13.4. The monoisotopic (exact) mass is 278 g/mol.